The van der Waals surface area contributed by atoms with E-state index in [4.69, 9.17) is 0 Å². The van der Waals surface area contributed by atoms with Crippen molar-refractivity contribution in [2.24, 2.45) is 0 Å². The molecule has 8 nitrogen and oxygen atoms in total. The summed E-state index contributed by atoms with van der Waals surface area (Å²) in [5, 5.41) is 3.14. The lowest BCUT2D eigenvalue weighted by Crippen LogP contribution is -2.51. The molecule has 2 fully saturated rings. The van der Waals surface area contributed by atoms with Gasteiger partial charge < -0.3 is 10.1 Å². The van der Waals surface area contributed by atoms with Gasteiger partial charge in [-0.3, -0.25) is 15.0 Å². The van der Waals surface area contributed by atoms with Crippen molar-refractivity contribution in [2.75, 3.05) is 6.61 Å². The van der Waals surface area contributed by atoms with Gasteiger partial charge in [0.15, 0.2) is 6.61 Å². The Morgan fingerprint density at radius 3 is 2.52 bits per heavy atom. The van der Waals surface area contributed by atoms with Gasteiger partial charge in [-0.1, -0.05) is 25.3 Å². The molecule has 2 aliphatic rings. The quantitative estimate of drug-likeness (QED) is 0.581. The number of nitrogens with zero attached hydrogens (tertiary/aromatic N) is 1. The van der Waals surface area contributed by atoms with Gasteiger partial charge in [0.2, 0.25) is 0 Å². The molecular weight excluding hydrogens is 395 g/mol. The number of benzene rings is 1. The topological polar surface area (TPSA) is 105 Å². The maximum Gasteiger partial charge on any atom is 0.416 e. The Kier molecular flexibility index (Phi) is 5.49. The molecule has 1 aliphatic carbocycles. The highest BCUT2D eigenvalue weighted by atomic mass is 19.4. The number of hydrazine groups is 1. The molecule has 1 aromatic carbocycles. The van der Waals surface area contributed by atoms with E-state index in [1.165, 1.54) is 0 Å². The molecule has 0 aromatic heterocycles. The number of rotatable bonds is 4. The molecule has 1 saturated carbocycles. The Labute approximate surface area is 163 Å². The molecule has 2 N–H and O–H groups in total. The van der Waals surface area contributed by atoms with Crippen molar-refractivity contribution in [1.29, 1.82) is 0 Å². The van der Waals surface area contributed by atoms with E-state index in [9.17, 15) is 32.3 Å². The number of urea groups is 1. The molecule has 0 bridgehead atoms. The van der Waals surface area contributed by atoms with Crippen LogP contribution in [-0.4, -0.2) is 41.0 Å². The van der Waals surface area contributed by atoms with Crippen LogP contribution in [0.25, 0.3) is 0 Å². The third-order valence-electron chi connectivity index (χ3n) is 4.87. The van der Waals surface area contributed by atoms with Crippen molar-refractivity contribution in [3.63, 3.8) is 0 Å². The van der Waals surface area contributed by atoms with E-state index in [0.29, 0.717) is 23.9 Å². The van der Waals surface area contributed by atoms with E-state index < -0.39 is 47.7 Å². The minimum Gasteiger partial charge on any atom is -0.452 e. The van der Waals surface area contributed by atoms with Crippen LogP contribution in [0.15, 0.2) is 24.3 Å². The average Bonchev–Trinajstić information content (AvgIpc) is 2.90. The molecule has 1 aromatic rings. The monoisotopic (exact) mass is 413 g/mol. The van der Waals surface area contributed by atoms with Crippen LogP contribution >= 0.6 is 0 Å². The molecule has 4 amide bonds. The Balaban J connectivity index is 1.57. The maximum atomic E-state index is 12.7. The summed E-state index contributed by atoms with van der Waals surface area (Å²) in [6.45, 7) is -0.876. The van der Waals surface area contributed by atoms with Crippen LogP contribution in [0, 0.1) is 0 Å². The number of alkyl halides is 3. The second kappa shape index (κ2) is 7.72. The molecule has 1 aliphatic heterocycles. The van der Waals surface area contributed by atoms with Gasteiger partial charge in [0.1, 0.15) is 5.54 Å². The lowest BCUT2D eigenvalue weighted by Gasteiger charge is -2.30. The van der Waals surface area contributed by atoms with Crippen molar-refractivity contribution >= 4 is 23.8 Å². The number of nitrogens with one attached hydrogen (secondary N) is 2. The van der Waals surface area contributed by atoms with Crippen molar-refractivity contribution in [1.82, 2.24) is 15.8 Å². The van der Waals surface area contributed by atoms with Gasteiger partial charge in [0.05, 0.1) is 11.1 Å². The zero-order valence-electron chi connectivity index (χ0n) is 15.2. The number of imide groups is 1. The highest BCUT2D eigenvalue weighted by molar-refractivity contribution is 6.08. The molecular formula is C18H18F3N3O5. The first-order chi connectivity index (χ1) is 13.6. The standard InChI is InChI=1S/C18H18F3N3O5/c19-18(20,21)12-6-4-5-11(9-12)14(26)29-10-13(25)23-24-15(27)17(22-16(24)28)7-2-1-3-8-17/h4-6,9H,1-3,7-8,10H2,(H,22,28)(H,23,25). The summed E-state index contributed by atoms with van der Waals surface area (Å²) in [6, 6.07) is 2.76. The van der Waals surface area contributed by atoms with Crippen molar-refractivity contribution in [3.8, 4) is 0 Å². The molecule has 0 unspecified atom stereocenters. The summed E-state index contributed by atoms with van der Waals surface area (Å²) in [5.41, 5.74) is -0.382. The second-order valence-electron chi connectivity index (χ2n) is 6.90. The largest absolute Gasteiger partial charge is 0.452 e. The number of halogens is 3. The summed E-state index contributed by atoms with van der Waals surface area (Å²) in [6.07, 6.45) is -1.22. The lowest BCUT2D eigenvalue weighted by molar-refractivity contribution is -0.140. The summed E-state index contributed by atoms with van der Waals surface area (Å²) >= 11 is 0. The van der Waals surface area contributed by atoms with E-state index in [-0.39, 0.29) is 5.56 Å². The molecule has 11 heteroatoms. The third kappa shape index (κ3) is 4.33. The van der Waals surface area contributed by atoms with Gasteiger partial charge in [-0.25, -0.2) is 9.59 Å². The van der Waals surface area contributed by atoms with Gasteiger partial charge in [0, 0.05) is 0 Å². The molecule has 29 heavy (non-hydrogen) atoms. The average molecular weight is 413 g/mol. The highest BCUT2D eigenvalue weighted by Gasteiger charge is 2.52. The van der Waals surface area contributed by atoms with Crippen molar-refractivity contribution < 1.29 is 37.1 Å². The SMILES string of the molecule is O=C(COC(=O)c1cccc(C(F)(F)F)c1)NN1C(=O)NC2(CCCCC2)C1=O. The number of esters is 1. The number of hydrogen-bond donors (Lipinski definition) is 2. The first-order valence-corrected chi connectivity index (χ1v) is 8.93. The van der Waals surface area contributed by atoms with Gasteiger partial charge in [-0.05, 0) is 31.0 Å². The van der Waals surface area contributed by atoms with Gasteiger partial charge in [-0.2, -0.15) is 18.2 Å². The van der Waals surface area contributed by atoms with Gasteiger partial charge in [-0.15, -0.1) is 0 Å². The van der Waals surface area contributed by atoms with E-state index in [2.05, 4.69) is 15.5 Å². The molecule has 0 radical (unpaired) electrons. The zero-order valence-corrected chi connectivity index (χ0v) is 15.2. The fourth-order valence-electron chi connectivity index (χ4n) is 3.41. The van der Waals surface area contributed by atoms with Crippen LogP contribution in [0.2, 0.25) is 0 Å². The van der Waals surface area contributed by atoms with Crippen LogP contribution in [0.3, 0.4) is 0 Å². The highest BCUT2D eigenvalue weighted by Crippen LogP contribution is 2.33. The maximum absolute atomic E-state index is 12.7. The Bertz CT molecular complexity index is 849. The predicted octanol–water partition coefficient (Wildman–Crippen LogP) is 2.15. The Hall–Kier alpha value is -3.11. The van der Waals surface area contributed by atoms with Crippen LogP contribution < -0.4 is 10.7 Å². The Morgan fingerprint density at radius 1 is 1.17 bits per heavy atom. The number of carbonyl (C=O) groups excluding carboxylic acids is 4. The van der Waals surface area contributed by atoms with Crippen LogP contribution in [0.4, 0.5) is 18.0 Å². The first-order valence-electron chi connectivity index (χ1n) is 8.93. The summed E-state index contributed by atoms with van der Waals surface area (Å²) in [5.74, 6) is -2.70. The minimum absolute atomic E-state index is 0.385. The van der Waals surface area contributed by atoms with E-state index in [1.807, 2.05) is 0 Å². The second-order valence-corrected chi connectivity index (χ2v) is 6.90. The van der Waals surface area contributed by atoms with Crippen LogP contribution in [0.1, 0.15) is 48.0 Å². The van der Waals surface area contributed by atoms with Gasteiger partial charge in [0.25, 0.3) is 11.8 Å². The van der Waals surface area contributed by atoms with E-state index in [1.54, 1.807) is 0 Å². The fraction of sp³-hybridized carbons (Fsp3) is 0.444. The predicted molar refractivity (Wildman–Crippen MR) is 91.1 cm³/mol. The number of ether oxygens (including phenoxy) is 1. The summed E-state index contributed by atoms with van der Waals surface area (Å²) in [7, 11) is 0. The normalized spacial score (nSPS) is 18.5. The number of hydrogen-bond acceptors (Lipinski definition) is 5. The molecule has 1 spiro atoms. The molecule has 1 heterocycles. The third-order valence-corrected chi connectivity index (χ3v) is 4.87. The van der Waals surface area contributed by atoms with Gasteiger partial charge >= 0.3 is 18.2 Å². The lowest BCUT2D eigenvalue weighted by atomic mass is 9.82. The Morgan fingerprint density at radius 2 is 1.86 bits per heavy atom. The van der Waals surface area contributed by atoms with Crippen molar-refractivity contribution in [3.05, 3.63) is 35.4 Å². The molecule has 156 valence electrons. The zero-order chi connectivity index (χ0) is 21.2. The molecule has 3 rings (SSSR count). The first kappa shape index (κ1) is 20.6. The molecule has 1 saturated heterocycles. The number of carbonyl (C=O) groups is 4. The van der Waals surface area contributed by atoms with E-state index in [0.717, 1.165) is 37.5 Å². The van der Waals surface area contributed by atoms with Crippen molar-refractivity contribution in [2.45, 2.75) is 43.8 Å². The summed E-state index contributed by atoms with van der Waals surface area (Å²) < 4.78 is 42.8. The fourth-order valence-corrected chi connectivity index (χ4v) is 3.41. The summed E-state index contributed by atoms with van der Waals surface area (Å²) in [4.78, 5) is 48.5. The van der Waals surface area contributed by atoms with Crippen LogP contribution in [0.5, 0.6) is 0 Å². The van der Waals surface area contributed by atoms with Crippen LogP contribution in [-0.2, 0) is 20.5 Å². The molecule has 0 atom stereocenters. The number of amides is 4. The van der Waals surface area contributed by atoms with E-state index >= 15 is 0 Å². The smallest absolute Gasteiger partial charge is 0.416 e. The minimum atomic E-state index is -4.63.